The van der Waals surface area contributed by atoms with E-state index in [2.05, 4.69) is 10.5 Å². The second-order valence-electron chi connectivity index (χ2n) is 8.52. The number of ether oxygens (including phenoxy) is 1. The topological polar surface area (TPSA) is 87.9 Å². The van der Waals surface area contributed by atoms with E-state index in [-0.39, 0.29) is 28.7 Å². The van der Waals surface area contributed by atoms with Gasteiger partial charge in [-0.2, -0.15) is 0 Å². The molecule has 3 heterocycles. The maximum absolute atomic E-state index is 13.9. The molecule has 0 radical (unpaired) electrons. The summed E-state index contributed by atoms with van der Waals surface area (Å²) in [6.45, 7) is 1.86. The first kappa shape index (κ1) is 21.1. The standard InChI is InChI=1S/C22H27FN4O4/c1-26(2)20-18(19(31-25-20)14-4-5-15(23)16(12-14)30-3)21(29)27-10-8-22(9-11-27)7-6-17(28)24-13-22/h4-5,12H,6-11,13H2,1-3H3,(H,24,28). The quantitative estimate of drug-likeness (QED) is 0.803. The lowest BCUT2D eigenvalue weighted by Gasteiger charge is -2.44. The molecule has 1 aromatic heterocycles. The minimum atomic E-state index is -0.493. The first-order chi connectivity index (χ1) is 14.8. The number of benzene rings is 1. The van der Waals surface area contributed by atoms with Crippen LogP contribution in [0.3, 0.4) is 0 Å². The fourth-order valence-corrected chi connectivity index (χ4v) is 4.39. The van der Waals surface area contributed by atoms with Crippen molar-refractivity contribution in [2.45, 2.75) is 25.7 Å². The van der Waals surface area contributed by atoms with Crippen molar-refractivity contribution in [3.05, 3.63) is 29.6 Å². The van der Waals surface area contributed by atoms with Gasteiger partial charge in [0.15, 0.2) is 23.1 Å². The van der Waals surface area contributed by atoms with Gasteiger partial charge in [-0.1, -0.05) is 5.16 Å². The number of nitrogens with zero attached hydrogens (tertiary/aromatic N) is 3. The minimum absolute atomic E-state index is 0.0663. The third-order valence-corrected chi connectivity index (χ3v) is 6.38. The number of amides is 2. The maximum Gasteiger partial charge on any atom is 0.261 e. The van der Waals surface area contributed by atoms with Crippen LogP contribution in [0, 0.1) is 11.2 Å². The molecule has 4 rings (SSSR count). The zero-order valence-electron chi connectivity index (χ0n) is 18.0. The summed E-state index contributed by atoms with van der Waals surface area (Å²) in [5.41, 5.74) is 0.939. The lowest BCUT2D eigenvalue weighted by molar-refractivity contribution is -0.125. The van der Waals surface area contributed by atoms with Crippen molar-refractivity contribution < 1.29 is 23.2 Å². The number of halogens is 1. The second kappa shape index (κ2) is 8.20. The number of hydrogen-bond donors (Lipinski definition) is 1. The summed E-state index contributed by atoms with van der Waals surface area (Å²) < 4.78 is 24.5. The SMILES string of the molecule is COc1cc(-c2onc(N(C)C)c2C(=O)N2CCC3(CCC(=O)NC3)CC2)ccc1F. The molecule has 2 aliphatic heterocycles. The Bertz CT molecular complexity index is 983. The molecular formula is C22H27FN4O4. The molecule has 9 heteroatoms. The number of anilines is 1. The molecule has 2 saturated heterocycles. The van der Waals surface area contributed by atoms with Gasteiger partial charge in [0.25, 0.3) is 5.91 Å². The molecule has 1 aromatic carbocycles. The van der Waals surface area contributed by atoms with Crippen LogP contribution in [-0.2, 0) is 4.79 Å². The first-order valence-corrected chi connectivity index (χ1v) is 10.4. The molecule has 2 amide bonds. The van der Waals surface area contributed by atoms with E-state index in [9.17, 15) is 14.0 Å². The van der Waals surface area contributed by atoms with Crippen molar-refractivity contribution in [3.8, 4) is 17.1 Å². The number of carbonyl (C=O) groups is 2. The molecule has 0 saturated carbocycles. The van der Waals surface area contributed by atoms with Crippen molar-refractivity contribution in [2.24, 2.45) is 5.41 Å². The van der Waals surface area contributed by atoms with E-state index < -0.39 is 5.82 Å². The lowest BCUT2D eigenvalue weighted by atomic mass is 9.73. The smallest absolute Gasteiger partial charge is 0.261 e. The molecular weight excluding hydrogens is 403 g/mol. The van der Waals surface area contributed by atoms with Crippen LogP contribution in [0.25, 0.3) is 11.3 Å². The molecule has 0 aliphatic carbocycles. The van der Waals surface area contributed by atoms with Crippen LogP contribution in [-0.4, -0.2) is 62.7 Å². The fraction of sp³-hybridized carbons (Fsp3) is 0.500. The van der Waals surface area contributed by atoms with Crippen molar-refractivity contribution in [2.75, 3.05) is 45.7 Å². The van der Waals surface area contributed by atoms with Gasteiger partial charge in [-0.3, -0.25) is 9.59 Å². The number of nitrogens with one attached hydrogen (secondary N) is 1. The van der Waals surface area contributed by atoms with Gasteiger partial charge in [0.1, 0.15) is 5.56 Å². The summed E-state index contributed by atoms with van der Waals surface area (Å²) in [6.07, 6.45) is 3.07. The molecule has 2 aliphatic rings. The van der Waals surface area contributed by atoms with Gasteiger partial charge in [-0.15, -0.1) is 0 Å². The van der Waals surface area contributed by atoms with Crippen LogP contribution in [0.4, 0.5) is 10.2 Å². The molecule has 0 atom stereocenters. The van der Waals surface area contributed by atoms with Crippen LogP contribution in [0.15, 0.2) is 22.7 Å². The lowest BCUT2D eigenvalue weighted by Crippen LogP contribution is -2.50. The van der Waals surface area contributed by atoms with Crippen molar-refractivity contribution in [1.82, 2.24) is 15.4 Å². The normalized spacial score (nSPS) is 18.1. The Hall–Kier alpha value is -3.10. The summed E-state index contributed by atoms with van der Waals surface area (Å²) in [6, 6.07) is 4.33. The maximum atomic E-state index is 13.9. The van der Waals surface area contributed by atoms with Gasteiger partial charge in [-0.25, -0.2) is 4.39 Å². The highest BCUT2D eigenvalue weighted by atomic mass is 19.1. The largest absolute Gasteiger partial charge is 0.494 e. The molecule has 31 heavy (non-hydrogen) atoms. The van der Waals surface area contributed by atoms with E-state index in [4.69, 9.17) is 9.26 Å². The van der Waals surface area contributed by atoms with E-state index in [1.54, 1.807) is 25.1 Å². The van der Waals surface area contributed by atoms with Gasteiger partial charge in [0.2, 0.25) is 5.91 Å². The summed E-state index contributed by atoms with van der Waals surface area (Å²) in [4.78, 5) is 28.6. The van der Waals surface area contributed by atoms with Gasteiger partial charge in [0, 0.05) is 45.7 Å². The summed E-state index contributed by atoms with van der Waals surface area (Å²) in [5, 5.41) is 7.07. The monoisotopic (exact) mass is 430 g/mol. The number of aromatic nitrogens is 1. The molecule has 1 N–H and O–H groups in total. The van der Waals surface area contributed by atoms with Crippen LogP contribution >= 0.6 is 0 Å². The van der Waals surface area contributed by atoms with Gasteiger partial charge >= 0.3 is 0 Å². The Morgan fingerprint density at radius 3 is 2.65 bits per heavy atom. The fourth-order valence-electron chi connectivity index (χ4n) is 4.39. The highest BCUT2D eigenvalue weighted by Gasteiger charge is 2.40. The van der Waals surface area contributed by atoms with Crippen LogP contribution in [0.1, 0.15) is 36.0 Å². The number of likely N-dealkylation sites (tertiary alicyclic amines) is 1. The summed E-state index contributed by atoms with van der Waals surface area (Å²) in [7, 11) is 4.97. The average Bonchev–Trinajstić information content (AvgIpc) is 3.22. The average molecular weight is 430 g/mol. The Labute approximate surface area is 180 Å². The molecule has 1 spiro atoms. The van der Waals surface area contributed by atoms with E-state index in [0.717, 1.165) is 19.3 Å². The van der Waals surface area contributed by atoms with E-state index >= 15 is 0 Å². The molecule has 166 valence electrons. The zero-order chi connectivity index (χ0) is 22.2. The molecule has 2 fully saturated rings. The third-order valence-electron chi connectivity index (χ3n) is 6.38. The molecule has 0 unspecified atom stereocenters. The van der Waals surface area contributed by atoms with E-state index in [1.807, 2.05) is 4.90 Å². The molecule has 0 bridgehead atoms. The predicted octanol–water partition coefficient (Wildman–Crippen LogP) is 2.69. The van der Waals surface area contributed by atoms with Crippen molar-refractivity contribution in [1.29, 1.82) is 0 Å². The number of carbonyl (C=O) groups excluding carboxylic acids is 2. The second-order valence-corrected chi connectivity index (χ2v) is 8.52. The van der Waals surface area contributed by atoms with Crippen LogP contribution in [0.5, 0.6) is 5.75 Å². The van der Waals surface area contributed by atoms with Crippen molar-refractivity contribution in [3.63, 3.8) is 0 Å². The number of rotatable bonds is 4. The highest BCUT2D eigenvalue weighted by Crippen LogP contribution is 2.39. The minimum Gasteiger partial charge on any atom is -0.494 e. The Morgan fingerprint density at radius 2 is 2.03 bits per heavy atom. The van der Waals surface area contributed by atoms with Crippen molar-refractivity contribution >= 4 is 17.6 Å². The van der Waals surface area contributed by atoms with Crippen LogP contribution in [0.2, 0.25) is 0 Å². The third kappa shape index (κ3) is 3.96. The van der Waals surface area contributed by atoms with Gasteiger partial charge in [-0.05, 0) is 42.9 Å². The van der Waals surface area contributed by atoms with Crippen LogP contribution < -0.4 is 15.0 Å². The number of hydrogen-bond acceptors (Lipinski definition) is 6. The molecule has 2 aromatic rings. The summed E-state index contributed by atoms with van der Waals surface area (Å²) in [5.74, 6) is 0.220. The van der Waals surface area contributed by atoms with Gasteiger partial charge < -0.3 is 24.4 Å². The zero-order valence-corrected chi connectivity index (χ0v) is 18.0. The highest BCUT2D eigenvalue weighted by molar-refractivity contribution is 6.04. The van der Waals surface area contributed by atoms with E-state index in [0.29, 0.717) is 43.0 Å². The van der Waals surface area contributed by atoms with E-state index in [1.165, 1.54) is 19.2 Å². The first-order valence-electron chi connectivity index (χ1n) is 10.4. The number of piperidine rings is 2. The Morgan fingerprint density at radius 1 is 1.29 bits per heavy atom. The Balaban J connectivity index is 1.61. The van der Waals surface area contributed by atoms with Gasteiger partial charge in [0.05, 0.1) is 7.11 Å². The summed E-state index contributed by atoms with van der Waals surface area (Å²) >= 11 is 0. The number of methoxy groups -OCH3 is 1. The molecule has 8 nitrogen and oxygen atoms in total. The predicted molar refractivity (Wildman–Crippen MR) is 113 cm³/mol. The Kier molecular flexibility index (Phi) is 5.60.